The van der Waals surface area contributed by atoms with Crippen LogP contribution in [0.2, 0.25) is 0 Å². The van der Waals surface area contributed by atoms with Crippen LogP contribution in [0.5, 0.6) is 0 Å². The number of ether oxygens (including phenoxy) is 5. The topological polar surface area (TPSA) is 97.4 Å². The fourth-order valence-electron chi connectivity index (χ4n) is 5.86. The highest BCUT2D eigenvalue weighted by Gasteiger charge is 2.65. The van der Waals surface area contributed by atoms with Crippen LogP contribution in [0.4, 0.5) is 26.3 Å². The van der Waals surface area contributed by atoms with Crippen molar-refractivity contribution in [1.82, 2.24) is 0 Å². The second-order valence-electron chi connectivity index (χ2n) is 12.2. The van der Waals surface area contributed by atoms with Crippen LogP contribution in [-0.4, -0.2) is 63.8 Å². The Morgan fingerprint density at radius 2 is 0.941 bits per heavy atom. The normalized spacial score (nSPS) is 15.6. The molecule has 2 aromatic carbocycles. The van der Waals surface area contributed by atoms with E-state index in [9.17, 15) is 40.7 Å². The molecule has 0 amide bonds. The lowest BCUT2D eigenvalue weighted by molar-refractivity contribution is -0.279. The third-order valence-corrected chi connectivity index (χ3v) is 8.70. The molecule has 0 aliphatic carbocycles. The van der Waals surface area contributed by atoms with Crippen molar-refractivity contribution in [3.8, 4) is 0 Å². The van der Waals surface area contributed by atoms with Crippen LogP contribution in [0.3, 0.4) is 0 Å². The Hall–Kier alpha value is -3.65. The third-order valence-electron chi connectivity index (χ3n) is 8.70. The van der Waals surface area contributed by atoms with Crippen molar-refractivity contribution in [2.24, 2.45) is 0 Å². The number of hydrogen-bond donors (Lipinski definition) is 0. The molecule has 0 unspecified atom stereocenters. The SMILES string of the molecule is CCCC[C@@H](CCCCCCCC[C@@H](CC(=O)OC)OC(=O)[C@@](OC)(c1ccccc1)C(F)(F)F)OC(=O)[C@@](OC)(c1ccccc1)C(F)(F)F. The maximum Gasteiger partial charge on any atom is 0.432 e. The minimum atomic E-state index is -5.17. The molecule has 0 bridgehead atoms. The molecule has 2 aromatic rings. The molecule has 0 saturated heterocycles. The predicted molar refractivity (Wildman–Crippen MR) is 175 cm³/mol. The van der Waals surface area contributed by atoms with Crippen LogP contribution in [0.1, 0.15) is 95.1 Å². The molecular formula is C37H48F6O8. The van der Waals surface area contributed by atoms with Crippen LogP contribution >= 0.6 is 0 Å². The third kappa shape index (κ3) is 11.4. The van der Waals surface area contributed by atoms with Crippen molar-refractivity contribution < 1.29 is 64.4 Å². The second-order valence-corrected chi connectivity index (χ2v) is 12.2. The number of carbonyl (C=O) groups is 3. The Morgan fingerprint density at radius 3 is 1.31 bits per heavy atom. The monoisotopic (exact) mass is 734 g/mol. The first-order chi connectivity index (χ1) is 24.1. The Balaban J connectivity index is 1.96. The fourth-order valence-corrected chi connectivity index (χ4v) is 5.86. The number of esters is 3. The van der Waals surface area contributed by atoms with Gasteiger partial charge in [0.15, 0.2) is 0 Å². The number of halogens is 6. The number of methoxy groups -OCH3 is 3. The van der Waals surface area contributed by atoms with Gasteiger partial charge in [-0.25, -0.2) is 9.59 Å². The van der Waals surface area contributed by atoms with E-state index in [1.165, 1.54) is 48.5 Å². The van der Waals surface area contributed by atoms with Gasteiger partial charge in [0.25, 0.3) is 11.2 Å². The van der Waals surface area contributed by atoms with Crippen molar-refractivity contribution in [2.45, 2.75) is 120 Å². The smallest absolute Gasteiger partial charge is 0.432 e. The summed E-state index contributed by atoms with van der Waals surface area (Å²) in [6.07, 6.45) is -6.79. The first-order valence-electron chi connectivity index (χ1n) is 17.0. The van der Waals surface area contributed by atoms with Crippen LogP contribution in [-0.2, 0) is 49.3 Å². The van der Waals surface area contributed by atoms with Gasteiger partial charge in [-0.05, 0) is 32.1 Å². The van der Waals surface area contributed by atoms with E-state index in [1.807, 2.05) is 6.92 Å². The van der Waals surface area contributed by atoms with Gasteiger partial charge in [0.05, 0.1) is 13.5 Å². The summed E-state index contributed by atoms with van der Waals surface area (Å²) >= 11 is 0. The van der Waals surface area contributed by atoms with Gasteiger partial charge in [-0.1, -0.05) is 106 Å². The molecule has 2 rings (SSSR count). The Bertz CT molecular complexity index is 1340. The number of rotatable bonds is 22. The fraction of sp³-hybridized carbons (Fsp3) is 0.595. The summed E-state index contributed by atoms with van der Waals surface area (Å²) in [6.45, 7) is 1.92. The molecule has 0 spiro atoms. The molecule has 0 aromatic heterocycles. The zero-order chi connectivity index (χ0) is 38.1. The van der Waals surface area contributed by atoms with E-state index in [0.717, 1.165) is 39.9 Å². The molecule has 286 valence electrons. The number of hydrogen-bond acceptors (Lipinski definition) is 8. The van der Waals surface area contributed by atoms with Gasteiger partial charge in [0, 0.05) is 25.3 Å². The van der Waals surface area contributed by atoms with E-state index in [4.69, 9.17) is 18.9 Å². The zero-order valence-electron chi connectivity index (χ0n) is 29.4. The summed E-state index contributed by atoms with van der Waals surface area (Å²) in [5.74, 6) is -3.98. The van der Waals surface area contributed by atoms with E-state index < -0.39 is 65.7 Å². The van der Waals surface area contributed by atoms with Crippen LogP contribution in [0.25, 0.3) is 0 Å². The highest BCUT2D eigenvalue weighted by molar-refractivity contribution is 5.83. The maximum atomic E-state index is 14.3. The van der Waals surface area contributed by atoms with E-state index >= 15 is 0 Å². The highest BCUT2D eigenvalue weighted by atomic mass is 19.4. The van der Waals surface area contributed by atoms with Crippen LogP contribution in [0.15, 0.2) is 60.7 Å². The molecule has 0 N–H and O–H groups in total. The van der Waals surface area contributed by atoms with Gasteiger partial charge in [-0.3, -0.25) is 4.79 Å². The summed E-state index contributed by atoms with van der Waals surface area (Å²) in [5.41, 5.74) is -7.51. The van der Waals surface area contributed by atoms with Crippen LogP contribution in [0, 0.1) is 0 Å². The first kappa shape index (κ1) is 43.5. The first-order valence-corrected chi connectivity index (χ1v) is 17.0. The quantitative estimate of drug-likeness (QED) is 0.0512. The molecule has 0 heterocycles. The lowest BCUT2D eigenvalue weighted by Crippen LogP contribution is -2.52. The van der Waals surface area contributed by atoms with Gasteiger partial charge in [-0.15, -0.1) is 0 Å². The molecule has 51 heavy (non-hydrogen) atoms. The summed E-state index contributed by atoms with van der Waals surface area (Å²) in [5, 5.41) is 0. The number of carbonyl (C=O) groups excluding carboxylic acids is 3. The number of alkyl halides is 6. The van der Waals surface area contributed by atoms with E-state index in [1.54, 1.807) is 0 Å². The predicted octanol–water partition coefficient (Wildman–Crippen LogP) is 8.89. The lowest BCUT2D eigenvalue weighted by atomic mass is 9.92. The minimum absolute atomic E-state index is 0.0875. The zero-order valence-corrected chi connectivity index (χ0v) is 29.4. The van der Waals surface area contributed by atoms with Crippen molar-refractivity contribution >= 4 is 17.9 Å². The summed E-state index contributed by atoms with van der Waals surface area (Å²) in [7, 11) is 2.69. The van der Waals surface area contributed by atoms with Gasteiger partial charge in [0.2, 0.25) is 0 Å². The molecule has 0 radical (unpaired) electrons. The maximum absolute atomic E-state index is 14.3. The van der Waals surface area contributed by atoms with Crippen molar-refractivity contribution in [3.63, 3.8) is 0 Å². The number of benzene rings is 2. The average Bonchev–Trinajstić information content (AvgIpc) is 3.08. The molecule has 14 heteroatoms. The molecule has 0 saturated carbocycles. The lowest BCUT2D eigenvalue weighted by Gasteiger charge is -2.34. The van der Waals surface area contributed by atoms with Gasteiger partial charge in [-0.2, -0.15) is 26.3 Å². The average molecular weight is 735 g/mol. The minimum Gasteiger partial charge on any atom is -0.469 e. The van der Waals surface area contributed by atoms with Crippen LogP contribution < -0.4 is 0 Å². The van der Waals surface area contributed by atoms with E-state index in [0.29, 0.717) is 57.8 Å². The molecule has 0 fully saturated rings. The van der Waals surface area contributed by atoms with E-state index in [2.05, 4.69) is 4.74 Å². The molecule has 0 aliphatic heterocycles. The van der Waals surface area contributed by atoms with Crippen molar-refractivity contribution in [1.29, 1.82) is 0 Å². The van der Waals surface area contributed by atoms with Gasteiger partial charge >= 0.3 is 30.3 Å². The standard InChI is InChI=1S/C37H48F6O8/c1-5-6-23-29(50-32(45)34(48-3,36(38,39)40)27-19-13-11-14-20-27)24-17-9-7-8-10-18-25-30(26-31(44)47-2)51-33(46)35(49-4,37(41,42)43)28-21-15-12-16-22-28/h11-16,19-22,29-30H,5-10,17-18,23-26H2,1-4H3/t29-,30-,34-,35-/m0/s1. The van der Waals surface area contributed by atoms with Crippen molar-refractivity contribution in [2.75, 3.05) is 21.3 Å². The molecule has 8 nitrogen and oxygen atoms in total. The van der Waals surface area contributed by atoms with Gasteiger partial charge in [0.1, 0.15) is 12.2 Å². The Morgan fingerprint density at radius 1 is 0.569 bits per heavy atom. The van der Waals surface area contributed by atoms with Crippen molar-refractivity contribution in [3.05, 3.63) is 71.8 Å². The Kier molecular flexibility index (Phi) is 17.4. The number of unbranched alkanes of at least 4 members (excludes halogenated alkanes) is 6. The highest BCUT2D eigenvalue weighted by Crippen LogP contribution is 2.44. The Labute approximate surface area is 295 Å². The van der Waals surface area contributed by atoms with E-state index in [-0.39, 0.29) is 12.0 Å². The molecule has 4 atom stereocenters. The summed E-state index contributed by atoms with van der Waals surface area (Å²) in [6, 6.07) is 13.0. The summed E-state index contributed by atoms with van der Waals surface area (Å²) < 4.78 is 111. The largest absolute Gasteiger partial charge is 0.469 e. The molecular weight excluding hydrogens is 686 g/mol. The van der Waals surface area contributed by atoms with Gasteiger partial charge < -0.3 is 23.7 Å². The summed E-state index contributed by atoms with van der Waals surface area (Å²) in [4.78, 5) is 38.3. The molecule has 0 aliphatic rings. The second kappa shape index (κ2) is 20.4.